The second kappa shape index (κ2) is 5.89. The van der Waals surface area contributed by atoms with Crippen molar-refractivity contribution < 1.29 is 23.8 Å². The molecule has 0 N–H and O–H groups in total. The van der Waals surface area contributed by atoms with Gasteiger partial charge in [0.25, 0.3) is 0 Å². The minimum Gasteiger partial charge on any atom is -0.493 e. The van der Waals surface area contributed by atoms with Crippen LogP contribution in [0.3, 0.4) is 0 Å². The Balaban J connectivity index is 3.03. The highest BCUT2D eigenvalue weighted by Crippen LogP contribution is 2.30. The Hall–Kier alpha value is -2.04. The van der Waals surface area contributed by atoms with Gasteiger partial charge >= 0.3 is 5.97 Å². The van der Waals surface area contributed by atoms with E-state index in [2.05, 4.69) is 4.74 Å². The molecule has 0 aliphatic carbocycles. The fraction of sp³-hybridized carbons (Fsp3) is 0.333. The van der Waals surface area contributed by atoms with Gasteiger partial charge in [-0.2, -0.15) is 0 Å². The molecule has 17 heavy (non-hydrogen) atoms. The Labute approximate surface area is 99.3 Å². The van der Waals surface area contributed by atoms with Gasteiger partial charge < -0.3 is 14.2 Å². The molecule has 0 aliphatic rings. The van der Waals surface area contributed by atoms with E-state index >= 15 is 0 Å². The lowest BCUT2D eigenvalue weighted by atomic mass is 10.2. The van der Waals surface area contributed by atoms with E-state index < -0.39 is 12.1 Å². The topological polar surface area (TPSA) is 61.8 Å². The van der Waals surface area contributed by atoms with Crippen molar-refractivity contribution in [3.05, 3.63) is 23.8 Å². The highest BCUT2D eigenvalue weighted by molar-refractivity contribution is 5.82. The van der Waals surface area contributed by atoms with Crippen LogP contribution in [0.5, 0.6) is 11.5 Å². The Kier molecular flexibility index (Phi) is 4.51. The van der Waals surface area contributed by atoms with Crippen molar-refractivity contribution in [3.63, 3.8) is 0 Å². The predicted molar refractivity (Wildman–Crippen MR) is 60.5 cm³/mol. The van der Waals surface area contributed by atoms with Gasteiger partial charge in [0.05, 0.1) is 19.8 Å². The minimum absolute atomic E-state index is 0.239. The van der Waals surface area contributed by atoms with Gasteiger partial charge in [-0.05, 0) is 19.1 Å². The summed E-state index contributed by atoms with van der Waals surface area (Å²) >= 11 is 0. The van der Waals surface area contributed by atoms with Crippen molar-refractivity contribution in [2.45, 2.75) is 13.0 Å². The van der Waals surface area contributed by atoms with Crippen molar-refractivity contribution in [2.75, 3.05) is 14.2 Å². The van der Waals surface area contributed by atoms with Crippen LogP contribution < -0.4 is 9.47 Å². The molecule has 92 valence electrons. The predicted octanol–water partition coefficient (Wildman–Crippen LogP) is 1.45. The molecule has 0 spiro atoms. The number of hydrogen-bond acceptors (Lipinski definition) is 5. The summed E-state index contributed by atoms with van der Waals surface area (Å²) in [5, 5.41) is 0. The van der Waals surface area contributed by atoms with E-state index in [0.29, 0.717) is 17.6 Å². The summed E-state index contributed by atoms with van der Waals surface area (Å²) < 4.78 is 15.0. The van der Waals surface area contributed by atoms with Gasteiger partial charge in [-0.3, -0.25) is 4.79 Å². The third kappa shape index (κ3) is 2.96. The van der Waals surface area contributed by atoms with E-state index in [1.807, 2.05) is 0 Å². The number of aldehydes is 1. The van der Waals surface area contributed by atoms with Crippen molar-refractivity contribution >= 4 is 12.3 Å². The summed E-state index contributed by atoms with van der Waals surface area (Å²) in [7, 11) is 2.73. The number of carbonyl (C=O) groups is 2. The van der Waals surface area contributed by atoms with Crippen LogP contribution in [-0.2, 0) is 9.53 Å². The first-order valence-corrected chi connectivity index (χ1v) is 5.00. The zero-order valence-corrected chi connectivity index (χ0v) is 9.93. The summed E-state index contributed by atoms with van der Waals surface area (Å²) in [5.41, 5.74) is 0.320. The normalized spacial score (nSPS) is 11.5. The maximum atomic E-state index is 11.2. The molecule has 0 fully saturated rings. The number of carbonyl (C=O) groups excluding carboxylic acids is 2. The summed E-state index contributed by atoms with van der Waals surface area (Å²) in [6, 6.07) is 4.89. The summed E-state index contributed by atoms with van der Waals surface area (Å²) in [6.45, 7) is 1.53. The van der Waals surface area contributed by atoms with Crippen LogP contribution in [0.1, 0.15) is 17.3 Å². The van der Waals surface area contributed by atoms with E-state index in [4.69, 9.17) is 9.47 Å². The average Bonchev–Trinajstić information content (AvgIpc) is 2.37. The molecule has 1 unspecified atom stereocenters. The fourth-order valence-corrected chi connectivity index (χ4v) is 1.30. The number of ether oxygens (including phenoxy) is 3. The molecule has 0 saturated carbocycles. The molecule has 0 radical (unpaired) electrons. The smallest absolute Gasteiger partial charge is 0.346 e. The number of para-hydroxylation sites is 1. The molecule has 0 saturated heterocycles. The van der Waals surface area contributed by atoms with Crippen molar-refractivity contribution in [1.29, 1.82) is 0 Å². The van der Waals surface area contributed by atoms with Crippen LogP contribution >= 0.6 is 0 Å². The lowest BCUT2D eigenvalue weighted by Gasteiger charge is -2.16. The lowest BCUT2D eigenvalue weighted by molar-refractivity contribution is -0.147. The maximum absolute atomic E-state index is 11.2. The zero-order chi connectivity index (χ0) is 12.8. The largest absolute Gasteiger partial charge is 0.493 e. The van der Waals surface area contributed by atoms with E-state index in [1.54, 1.807) is 18.2 Å². The van der Waals surface area contributed by atoms with Crippen LogP contribution in [0.2, 0.25) is 0 Å². The van der Waals surface area contributed by atoms with Gasteiger partial charge in [-0.1, -0.05) is 6.07 Å². The molecule has 0 aliphatic heterocycles. The Morgan fingerprint density at radius 1 is 1.35 bits per heavy atom. The van der Waals surface area contributed by atoms with Gasteiger partial charge in [0.15, 0.2) is 23.9 Å². The Morgan fingerprint density at radius 3 is 2.59 bits per heavy atom. The standard InChI is InChI=1S/C12H14O5/c1-8(12(14)16-3)17-11-9(7-13)5-4-6-10(11)15-2/h4-8H,1-3H3. The van der Waals surface area contributed by atoms with Crippen molar-refractivity contribution in [2.24, 2.45) is 0 Å². The first-order chi connectivity index (χ1) is 8.13. The average molecular weight is 238 g/mol. The molecule has 1 aromatic carbocycles. The molecule has 0 aromatic heterocycles. The van der Waals surface area contributed by atoms with E-state index in [0.717, 1.165) is 0 Å². The van der Waals surface area contributed by atoms with Crippen molar-refractivity contribution in [1.82, 2.24) is 0 Å². The second-order valence-electron chi connectivity index (χ2n) is 3.28. The number of rotatable bonds is 5. The van der Waals surface area contributed by atoms with Crippen LogP contribution in [0.4, 0.5) is 0 Å². The highest BCUT2D eigenvalue weighted by Gasteiger charge is 2.19. The van der Waals surface area contributed by atoms with Gasteiger partial charge in [0, 0.05) is 0 Å². The van der Waals surface area contributed by atoms with E-state index in [1.165, 1.54) is 21.1 Å². The zero-order valence-electron chi connectivity index (χ0n) is 9.93. The molecule has 0 heterocycles. The minimum atomic E-state index is -0.810. The van der Waals surface area contributed by atoms with E-state index in [-0.39, 0.29) is 5.75 Å². The highest BCUT2D eigenvalue weighted by atomic mass is 16.6. The quantitative estimate of drug-likeness (QED) is 0.574. The summed E-state index contributed by atoms with van der Waals surface area (Å²) in [4.78, 5) is 22.1. The molecular weight excluding hydrogens is 224 g/mol. The van der Waals surface area contributed by atoms with E-state index in [9.17, 15) is 9.59 Å². The fourth-order valence-electron chi connectivity index (χ4n) is 1.30. The number of benzene rings is 1. The molecule has 0 amide bonds. The second-order valence-corrected chi connectivity index (χ2v) is 3.28. The third-order valence-electron chi connectivity index (χ3n) is 2.18. The number of hydrogen-bond donors (Lipinski definition) is 0. The van der Waals surface area contributed by atoms with Crippen LogP contribution in [0.25, 0.3) is 0 Å². The molecule has 0 bridgehead atoms. The summed E-state index contributed by atoms with van der Waals surface area (Å²) in [6.07, 6.45) is -0.169. The molecule has 1 atom stereocenters. The van der Waals surface area contributed by atoms with Gasteiger partial charge in [-0.25, -0.2) is 4.79 Å². The molecule has 1 rings (SSSR count). The van der Waals surface area contributed by atoms with Gasteiger partial charge in [0.2, 0.25) is 0 Å². The Morgan fingerprint density at radius 2 is 2.06 bits per heavy atom. The van der Waals surface area contributed by atoms with Gasteiger partial charge in [-0.15, -0.1) is 0 Å². The molecular formula is C12H14O5. The van der Waals surface area contributed by atoms with Crippen LogP contribution in [0, 0.1) is 0 Å². The summed E-state index contributed by atoms with van der Waals surface area (Å²) in [5.74, 6) is 0.112. The number of methoxy groups -OCH3 is 2. The first kappa shape index (κ1) is 13.0. The molecule has 5 nitrogen and oxygen atoms in total. The SMILES string of the molecule is COC(=O)C(C)Oc1c(C=O)cccc1OC. The first-order valence-electron chi connectivity index (χ1n) is 5.00. The Bertz CT molecular complexity index is 413. The monoisotopic (exact) mass is 238 g/mol. The van der Waals surface area contributed by atoms with Gasteiger partial charge in [0.1, 0.15) is 0 Å². The maximum Gasteiger partial charge on any atom is 0.346 e. The van der Waals surface area contributed by atoms with Crippen molar-refractivity contribution in [3.8, 4) is 11.5 Å². The third-order valence-corrected chi connectivity index (χ3v) is 2.18. The van der Waals surface area contributed by atoms with Crippen LogP contribution in [0.15, 0.2) is 18.2 Å². The molecule has 1 aromatic rings. The lowest BCUT2D eigenvalue weighted by Crippen LogP contribution is -2.25. The number of esters is 1. The molecule has 5 heteroatoms. The van der Waals surface area contributed by atoms with Crippen LogP contribution in [-0.4, -0.2) is 32.6 Å².